The summed E-state index contributed by atoms with van der Waals surface area (Å²) in [5.41, 5.74) is 0. The molecule has 0 bridgehead atoms. The van der Waals surface area contributed by atoms with Crippen molar-refractivity contribution >= 4 is 12.1 Å². The highest BCUT2D eigenvalue weighted by Gasteiger charge is 2.23. The average molecular weight is 239 g/mol. The number of nitrogens with zero attached hydrogens (tertiary/aromatic N) is 1. The molecule has 1 aliphatic rings. The van der Waals surface area contributed by atoms with Gasteiger partial charge in [0.15, 0.2) is 0 Å². The maximum atomic E-state index is 11.4. The maximum absolute atomic E-state index is 11.4. The molecule has 0 radical (unpaired) electrons. The Labute approximate surface area is 101 Å². The van der Waals surface area contributed by atoms with Crippen LogP contribution in [0.15, 0.2) is 24.6 Å². The molecule has 0 aromatic carbocycles. The minimum absolute atomic E-state index is 0.0619. The van der Waals surface area contributed by atoms with E-state index in [9.17, 15) is 9.59 Å². The van der Waals surface area contributed by atoms with Gasteiger partial charge in [-0.2, -0.15) is 0 Å². The van der Waals surface area contributed by atoms with Gasteiger partial charge in [0, 0.05) is 18.3 Å². The zero-order valence-electron chi connectivity index (χ0n) is 10.3. The molecule has 94 valence electrons. The van der Waals surface area contributed by atoms with Crippen molar-refractivity contribution < 1.29 is 19.1 Å². The molecule has 0 spiro atoms. The maximum Gasteiger partial charge on any atom is 0.417 e. The van der Waals surface area contributed by atoms with Crippen LogP contribution in [0.5, 0.6) is 0 Å². The molecule has 17 heavy (non-hydrogen) atoms. The van der Waals surface area contributed by atoms with Crippen molar-refractivity contribution in [3.63, 3.8) is 0 Å². The van der Waals surface area contributed by atoms with E-state index in [1.165, 1.54) is 12.0 Å². The van der Waals surface area contributed by atoms with Crippen LogP contribution in [0.1, 0.15) is 13.8 Å². The second-order valence-electron chi connectivity index (χ2n) is 3.68. The summed E-state index contributed by atoms with van der Waals surface area (Å²) in [6, 6.07) is 0. The molecule has 0 saturated carbocycles. The van der Waals surface area contributed by atoms with Crippen LogP contribution >= 0.6 is 0 Å². The Balaban J connectivity index is 2.59. The summed E-state index contributed by atoms with van der Waals surface area (Å²) in [6.45, 7) is 3.86. The first-order chi connectivity index (χ1) is 8.10. The van der Waals surface area contributed by atoms with E-state index in [0.717, 1.165) is 0 Å². The molecule has 1 unspecified atom stereocenters. The van der Waals surface area contributed by atoms with Crippen molar-refractivity contribution in [3.05, 3.63) is 24.6 Å². The lowest BCUT2D eigenvalue weighted by Crippen LogP contribution is -2.26. The second kappa shape index (κ2) is 6.08. The third kappa shape index (κ3) is 3.34. The Morgan fingerprint density at radius 2 is 1.94 bits per heavy atom. The molecule has 5 heteroatoms. The molecule has 1 rings (SSSR count). The van der Waals surface area contributed by atoms with Crippen molar-refractivity contribution in [1.29, 1.82) is 0 Å². The highest BCUT2D eigenvalue weighted by atomic mass is 16.6. The minimum atomic E-state index is -0.427. The van der Waals surface area contributed by atoms with E-state index in [2.05, 4.69) is 4.74 Å². The number of rotatable bonds is 3. The molecule has 1 aliphatic heterocycles. The molecule has 5 nitrogen and oxygen atoms in total. The van der Waals surface area contributed by atoms with E-state index in [1.54, 1.807) is 38.4 Å². The Morgan fingerprint density at radius 3 is 2.41 bits per heavy atom. The van der Waals surface area contributed by atoms with E-state index in [1.807, 2.05) is 0 Å². The number of ether oxygens (including phenoxy) is 2. The van der Waals surface area contributed by atoms with Gasteiger partial charge in [-0.1, -0.05) is 19.1 Å². The third-order valence-electron chi connectivity index (χ3n) is 2.57. The fourth-order valence-corrected chi connectivity index (χ4v) is 1.49. The number of methoxy groups -OCH3 is 1. The van der Waals surface area contributed by atoms with Crippen molar-refractivity contribution in [3.8, 4) is 0 Å². The molecule has 0 saturated heterocycles. The standard InChI is InChI=1S/C12H17NO4/c1-4-17-12(15)13-7-5-10(6-8-13)9(2)11(14)16-3/h5-10H,4H2,1-3H3. The van der Waals surface area contributed by atoms with Crippen LogP contribution in [-0.4, -0.2) is 30.7 Å². The van der Waals surface area contributed by atoms with Crippen LogP contribution in [0.3, 0.4) is 0 Å². The van der Waals surface area contributed by atoms with Gasteiger partial charge in [-0.15, -0.1) is 0 Å². The van der Waals surface area contributed by atoms with E-state index in [4.69, 9.17) is 4.74 Å². The van der Waals surface area contributed by atoms with Crippen molar-refractivity contribution in [2.45, 2.75) is 13.8 Å². The molecule has 1 atom stereocenters. The fraction of sp³-hybridized carbons (Fsp3) is 0.500. The second-order valence-corrected chi connectivity index (χ2v) is 3.68. The quantitative estimate of drug-likeness (QED) is 0.706. The van der Waals surface area contributed by atoms with Gasteiger partial charge in [-0.25, -0.2) is 4.79 Å². The monoisotopic (exact) mass is 239 g/mol. The first-order valence-electron chi connectivity index (χ1n) is 5.49. The van der Waals surface area contributed by atoms with Crippen molar-refractivity contribution in [2.75, 3.05) is 13.7 Å². The molecule has 0 N–H and O–H groups in total. The summed E-state index contributed by atoms with van der Waals surface area (Å²) in [7, 11) is 1.36. The first-order valence-corrected chi connectivity index (χ1v) is 5.49. The molecule has 0 aromatic heterocycles. The smallest absolute Gasteiger partial charge is 0.417 e. The number of carbonyl (C=O) groups is 2. The molecular weight excluding hydrogens is 222 g/mol. The van der Waals surface area contributed by atoms with Gasteiger partial charge < -0.3 is 9.47 Å². The van der Waals surface area contributed by atoms with E-state index in [-0.39, 0.29) is 17.8 Å². The van der Waals surface area contributed by atoms with Crippen LogP contribution in [0, 0.1) is 11.8 Å². The molecule has 1 heterocycles. The molecule has 1 amide bonds. The number of esters is 1. The Morgan fingerprint density at radius 1 is 1.35 bits per heavy atom. The molecule has 0 fully saturated rings. The largest absolute Gasteiger partial charge is 0.469 e. The van der Waals surface area contributed by atoms with Gasteiger partial charge in [0.2, 0.25) is 0 Å². The minimum Gasteiger partial charge on any atom is -0.469 e. The first kappa shape index (κ1) is 13.3. The summed E-state index contributed by atoms with van der Waals surface area (Å²) in [5.74, 6) is -0.598. The predicted octanol–water partition coefficient (Wildman–Crippen LogP) is 1.91. The number of amides is 1. The predicted molar refractivity (Wildman–Crippen MR) is 61.8 cm³/mol. The number of allylic oxidation sites excluding steroid dienone is 2. The van der Waals surface area contributed by atoms with Crippen LogP contribution in [0.4, 0.5) is 4.79 Å². The lowest BCUT2D eigenvalue weighted by molar-refractivity contribution is -0.145. The Bertz CT molecular complexity index is 334. The van der Waals surface area contributed by atoms with E-state index in [0.29, 0.717) is 6.61 Å². The normalized spacial score (nSPS) is 16.8. The Kier molecular flexibility index (Phi) is 4.75. The number of hydrogen-bond acceptors (Lipinski definition) is 4. The zero-order valence-corrected chi connectivity index (χ0v) is 10.3. The number of carbonyl (C=O) groups excluding carboxylic acids is 2. The third-order valence-corrected chi connectivity index (χ3v) is 2.57. The summed E-state index contributed by atoms with van der Waals surface area (Å²) in [4.78, 5) is 24.0. The number of hydrogen-bond donors (Lipinski definition) is 0. The summed E-state index contributed by atoms with van der Waals surface area (Å²) in [5, 5.41) is 0. The fourth-order valence-electron chi connectivity index (χ4n) is 1.49. The Hall–Kier alpha value is -1.78. The van der Waals surface area contributed by atoms with Crippen LogP contribution < -0.4 is 0 Å². The van der Waals surface area contributed by atoms with Crippen LogP contribution in [0.2, 0.25) is 0 Å². The van der Waals surface area contributed by atoms with Gasteiger partial charge in [0.1, 0.15) is 0 Å². The summed E-state index contributed by atoms with van der Waals surface area (Å²) in [6.07, 6.45) is 6.32. The zero-order chi connectivity index (χ0) is 12.8. The highest BCUT2D eigenvalue weighted by molar-refractivity contribution is 5.73. The van der Waals surface area contributed by atoms with Gasteiger partial charge in [0.25, 0.3) is 0 Å². The lowest BCUT2D eigenvalue weighted by atomic mass is 9.93. The summed E-state index contributed by atoms with van der Waals surface area (Å²) < 4.78 is 9.50. The van der Waals surface area contributed by atoms with Gasteiger partial charge >= 0.3 is 12.1 Å². The van der Waals surface area contributed by atoms with Crippen molar-refractivity contribution in [1.82, 2.24) is 4.90 Å². The highest BCUT2D eigenvalue weighted by Crippen LogP contribution is 2.20. The van der Waals surface area contributed by atoms with Crippen molar-refractivity contribution in [2.24, 2.45) is 11.8 Å². The van der Waals surface area contributed by atoms with E-state index < -0.39 is 6.09 Å². The molecule has 0 aliphatic carbocycles. The SMILES string of the molecule is CCOC(=O)N1C=CC(C(C)C(=O)OC)C=C1. The van der Waals surface area contributed by atoms with Crippen LogP contribution in [0.25, 0.3) is 0 Å². The molecule has 0 aromatic rings. The van der Waals surface area contributed by atoms with Gasteiger partial charge in [-0.05, 0) is 6.92 Å². The average Bonchev–Trinajstić information content (AvgIpc) is 2.37. The van der Waals surface area contributed by atoms with Gasteiger partial charge in [0.05, 0.1) is 19.6 Å². The summed E-state index contributed by atoms with van der Waals surface area (Å²) >= 11 is 0. The topological polar surface area (TPSA) is 55.8 Å². The van der Waals surface area contributed by atoms with E-state index >= 15 is 0 Å². The van der Waals surface area contributed by atoms with Crippen LogP contribution in [-0.2, 0) is 14.3 Å². The lowest BCUT2D eigenvalue weighted by Gasteiger charge is -2.22. The molecular formula is C12H17NO4. The van der Waals surface area contributed by atoms with Gasteiger partial charge in [-0.3, -0.25) is 9.69 Å².